The van der Waals surface area contributed by atoms with Crippen molar-refractivity contribution in [2.45, 2.75) is 12.8 Å². The lowest BCUT2D eigenvalue weighted by molar-refractivity contribution is -0.274. The molecule has 4 nitrogen and oxygen atoms in total. The molecule has 7 heteroatoms. The summed E-state index contributed by atoms with van der Waals surface area (Å²) in [5.41, 5.74) is -0.182. The van der Waals surface area contributed by atoms with E-state index in [0.717, 1.165) is 12.1 Å². The first-order valence-electron chi connectivity index (χ1n) is 4.37. The number of hydrogen-bond donors (Lipinski definition) is 1. The number of carboxylic acid groups (broad SMARTS) is 1. The van der Waals surface area contributed by atoms with Gasteiger partial charge in [-0.2, -0.15) is 0 Å². The minimum absolute atomic E-state index is 0.0293. The normalized spacial score (nSPS) is 11.0. The van der Waals surface area contributed by atoms with Gasteiger partial charge in [0.05, 0.1) is 6.42 Å². The molecule has 0 saturated heterocycles. The maximum absolute atomic E-state index is 12.0. The monoisotopic (exact) mass is 248 g/mol. The fourth-order valence-electron chi connectivity index (χ4n) is 1.17. The van der Waals surface area contributed by atoms with Crippen LogP contribution in [-0.4, -0.2) is 23.7 Å². The summed E-state index contributed by atoms with van der Waals surface area (Å²) in [6.07, 6.45) is -5.22. The van der Waals surface area contributed by atoms with Crippen LogP contribution in [0.2, 0.25) is 0 Å². The van der Waals surface area contributed by atoms with Gasteiger partial charge in [-0.15, -0.1) is 13.2 Å². The lowest BCUT2D eigenvalue weighted by atomic mass is 10.1. The predicted octanol–water partition coefficient (Wildman–Crippen LogP) is 2.02. The molecule has 1 aromatic rings. The van der Waals surface area contributed by atoms with E-state index in [1.54, 1.807) is 0 Å². The second-order valence-corrected chi connectivity index (χ2v) is 3.10. The number of ether oxygens (including phenoxy) is 1. The van der Waals surface area contributed by atoms with E-state index in [0.29, 0.717) is 6.29 Å². The first-order chi connectivity index (χ1) is 7.81. The Hall–Kier alpha value is -2.05. The number of aliphatic carboxylic acids is 1. The van der Waals surface area contributed by atoms with E-state index in [9.17, 15) is 22.8 Å². The molecule has 0 fully saturated rings. The zero-order valence-corrected chi connectivity index (χ0v) is 8.32. The maximum atomic E-state index is 12.0. The topological polar surface area (TPSA) is 63.6 Å². The van der Waals surface area contributed by atoms with E-state index in [1.165, 1.54) is 6.07 Å². The first-order valence-corrected chi connectivity index (χ1v) is 4.37. The van der Waals surface area contributed by atoms with Crippen molar-refractivity contribution in [1.82, 2.24) is 0 Å². The summed E-state index contributed by atoms with van der Waals surface area (Å²) in [6, 6.07) is 3.17. The van der Waals surface area contributed by atoms with Crippen LogP contribution in [0.25, 0.3) is 0 Å². The van der Waals surface area contributed by atoms with Crippen LogP contribution in [0.5, 0.6) is 5.75 Å². The summed E-state index contributed by atoms with van der Waals surface area (Å²) in [6.45, 7) is 0. The number of carbonyl (C=O) groups is 2. The lowest BCUT2D eigenvalue weighted by Crippen LogP contribution is -2.19. The molecule has 92 valence electrons. The molecule has 0 aliphatic rings. The van der Waals surface area contributed by atoms with Crippen LogP contribution in [-0.2, 0) is 11.2 Å². The van der Waals surface area contributed by atoms with Gasteiger partial charge in [0.2, 0.25) is 0 Å². The van der Waals surface area contributed by atoms with Crippen molar-refractivity contribution in [2.24, 2.45) is 0 Å². The van der Waals surface area contributed by atoms with Crippen molar-refractivity contribution in [3.05, 3.63) is 29.3 Å². The number of hydrogen-bond acceptors (Lipinski definition) is 3. The molecule has 1 aromatic carbocycles. The van der Waals surface area contributed by atoms with E-state index in [4.69, 9.17) is 5.11 Å². The van der Waals surface area contributed by atoms with Gasteiger partial charge < -0.3 is 9.84 Å². The summed E-state index contributed by atoms with van der Waals surface area (Å²) >= 11 is 0. The third-order valence-electron chi connectivity index (χ3n) is 1.79. The molecule has 0 unspecified atom stereocenters. The standard InChI is InChI=1S/C10H7F3O4/c11-10(12,13)17-8-3-6(5-14)1-2-7(8)4-9(15)16/h1-3,5H,4H2,(H,15,16). The molecule has 1 N–H and O–H groups in total. The lowest BCUT2D eigenvalue weighted by Gasteiger charge is -2.12. The molecule has 0 atom stereocenters. The summed E-state index contributed by atoms with van der Waals surface area (Å²) in [5.74, 6) is -1.97. The molecule has 0 aromatic heterocycles. The Balaban J connectivity index is 3.11. The summed E-state index contributed by atoms with van der Waals surface area (Å²) in [7, 11) is 0. The van der Waals surface area contributed by atoms with Crippen LogP contribution in [0.3, 0.4) is 0 Å². The van der Waals surface area contributed by atoms with Crippen molar-refractivity contribution >= 4 is 12.3 Å². The first kappa shape index (κ1) is 13.0. The highest BCUT2D eigenvalue weighted by molar-refractivity contribution is 5.77. The third kappa shape index (κ3) is 4.13. The van der Waals surface area contributed by atoms with Crippen LogP contribution in [0.15, 0.2) is 18.2 Å². The Morgan fingerprint density at radius 3 is 2.53 bits per heavy atom. The van der Waals surface area contributed by atoms with Crippen LogP contribution in [0.4, 0.5) is 13.2 Å². The number of rotatable bonds is 4. The summed E-state index contributed by atoms with van der Waals surface area (Å²) in [4.78, 5) is 20.8. The molecule has 1 rings (SSSR count). The number of alkyl halides is 3. The van der Waals surface area contributed by atoms with E-state index in [2.05, 4.69) is 4.74 Å². The Kier molecular flexibility index (Phi) is 3.72. The van der Waals surface area contributed by atoms with Gasteiger partial charge >= 0.3 is 12.3 Å². The van der Waals surface area contributed by atoms with Crippen molar-refractivity contribution in [3.63, 3.8) is 0 Å². The SMILES string of the molecule is O=Cc1ccc(CC(=O)O)c(OC(F)(F)F)c1. The quantitative estimate of drug-likeness (QED) is 0.828. The van der Waals surface area contributed by atoms with Crippen LogP contribution < -0.4 is 4.74 Å². The molecule has 0 radical (unpaired) electrons. The van der Waals surface area contributed by atoms with Crippen molar-refractivity contribution in [3.8, 4) is 5.75 Å². The molecular weight excluding hydrogens is 241 g/mol. The number of carboxylic acids is 1. The maximum Gasteiger partial charge on any atom is 0.573 e. The largest absolute Gasteiger partial charge is 0.573 e. The summed E-state index contributed by atoms with van der Waals surface area (Å²) < 4.78 is 39.8. The number of carbonyl (C=O) groups excluding carboxylic acids is 1. The molecule has 0 saturated carbocycles. The predicted molar refractivity (Wildman–Crippen MR) is 49.9 cm³/mol. The highest BCUT2D eigenvalue weighted by atomic mass is 19.4. The second kappa shape index (κ2) is 4.86. The smallest absolute Gasteiger partial charge is 0.481 e. The van der Waals surface area contributed by atoms with Gasteiger partial charge in [-0.1, -0.05) is 12.1 Å². The van der Waals surface area contributed by atoms with Crippen LogP contribution in [0, 0.1) is 0 Å². The molecule has 17 heavy (non-hydrogen) atoms. The zero-order valence-electron chi connectivity index (χ0n) is 8.32. The molecule has 0 spiro atoms. The van der Waals surface area contributed by atoms with Crippen LogP contribution in [0.1, 0.15) is 15.9 Å². The highest BCUT2D eigenvalue weighted by Crippen LogP contribution is 2.27. The Bertz CT molecular complexity index is 440. The zero-order chi connectivity index (χ0) is 13.1. The third-order valence-corrected chi connectivity index (χ3v) is 1.79. The Morgan fingerprint density at radius 2 is 2.06 bits per heavy atom. The van der Waals surface area contributed by atoms with Gasteiger partial charge in [-0.25, -0.2) is 0 Å². The average molecular weight is 248 g/mol. The Labute approximate surface area is 93.6 Å². The van der Waals surface area contributed by atoms with Gasteiger partial charge in [-0.3, -0.25) is 9.59 Å². The molecule has 0 aliphatic carbocycles. The van der Waals surface area contributed by atoms with Crippen molar-refractivity contribution in [1.29, 1.82) is 0 Å². The number of benzene rings is 1. The van der Waals surface area contributed by atoms with Crippen molar-refractivity contribution in [2.75, 3.05) is 0 Å². The minimum atomic E-state index is -4.94. The van der Waals surface area contributed by atoms with E-state index in [-0.39, 0.29) is 11.1 Å². The molecular formula is C10H7F3O4. The second-order valence-electron chi connectivity index (χ2n) is 3.10. The van der Waals surface area contributed by atoms with Gasteiger partial charge in [0.1, 0.15) is 12.0 Å². The van der Waals surface area contributed by atoms with Gasteiger partial charge in [0, 0.05) is 11.1 Å². The van der Waals surface area contributed by atoms with Gasteiger partial charge in [-0.05, 0) is 6.07 Å². The molecule has 0 aliphatic heterocycles. The Morgan fingerprint density at radius 1 is 1.41 bits per heavy atom. The van der Waals surface area contributed by atoms with Crippen molar-refractivity contribution < 1.29 is 32.6 Å². The molecule has 0 heterocycles. The molecule has 0 bridgehead atoms. The van der Waals surface area contributed by atoms with E-state index < -0.39 is 24.5 Å². The van der Waals surface area contributed by atoms with Crippen LogP contribution >= 0.6 is 0 Å². The fraction of sp³-hybridized carbons (Fsp3) is 0.200. The van der Waals surface area contributed by atoms with Gasteiger partial charge in [0.15, 0.2) is 0 Å². The van der Waals surface area contributed by atoms with E-state index >= 15 is 0 Å². The number of halogens is 3. The molecule has 0 amide bonds. The van der Waals surface area contributed by atoms with Gasteiger partial charge in [0.25, 0.3) is 0 Å². The fourth-order valence-corrected chi connectivity index (χ4v) is 1.17. The number of aldehydes is 1. The highest BCUT2D eigenvalue weighted by Gasteiger charge is 2.32. The minimum Gasteiger partial charge on any atom is -0.481 e. The summed E-state index contributed by atoms with van der Waals surface area (Å²) in [5, 5.41) is 8.51. The van der Waals surface area contributed by atoms with E-state index in [1.807, 2.05) is 0 Å². The average Bonchev–Trinajstić information content (AvgIpc) is 2.17.